The van der Waals surface area contributed by atoms with Crippen LogP contribution < -0.4 is 21.3 Å². The Labute approximate surface area is 315 Å². The van der Waals surface area contributed by atoms with Crippen LogP contribution >= 0.6 is 0 Å². The third-order valence-electron chi connectivity index (χ3n) is 10.2. The molecule has 0 radical (unpaired) electrons. The molecule has 5 N–H and O–H groups in total. The van der Waals surface area contributed by atoms with Gasteiger partial charge in [-0.3, -0.25) is 33.8 Å². The Hall–Kier alpha value is -5.21. The Morgan fingerprint density at radius 1 is 0.926 bits per heavy atom. The molecule has 54 heavy (non-hydrogen) atoms. The molecule has 1 unspecified atom stereocenters. The molecule has 292 valence electrons. The standard InChI is InChI=1S/C39H53N7O8/c1-7-12-26(31(47)36(51)43-27(38(53)54)19-23-13-9-8-10-14-23)42-35(50)30-25-16-11-15-24(25)21-46(30)37(52)32(39(4,5)6)45-34(49)29(22(2)3)44-33(48)28-20-40-17-18-41-28/h8-10,13-14,17-18,20,22,24-27,29-30,32H,7,11-12,15-16,19,21H2,1-6H3,(H,42,50)(H,43,51)(H,44,48)(H,45,49)(H,53,54)/t24-,25-,26?,27-,29-,30-,32+/m0/s1. The van der Waals surface area contributed by atoms with Gasteiger partial charge in [-0.05, 0) is 48.0 Å². The number of aromatic nitrogens is 2. The van der Waals surface area contributed by atoms with Crippen LogP contribution in [0.2, 0.25) is 0 Å². The summed E-state index contributed by atoms with van der Waals surface area (Å²) >= 11 is 0. The maximum atomic E-state index is 14.5. The van der Waals surface area contributed by atoms with E-state index >= 15 is 0 Å². The average molecular weight is 748 g/mol. The van der Waals surface area contributed by atoms with Crippen molar-refractivity contribution in [1.82, 2.24) is 36.1 Å². The summed E-state index contributed by atoms with van der Waals surface area (Å²) in [6.45, 7) is 11.0. The first-order chi connectivity index (χ1) is 25.5. The Bertz CT molecular complexity index is 1680. The lowest BCUT2D eigenvalue weighted by molar-refractivity contribution is -0.147. The van der Waals surface area contributed by atoms with Gasteiger partial charge in [-0.15, -0.1) is 0 Å². The number of aliphatic carboxylic acids is 1. The zero-order valence-electron chi connectivity index (χ0n) is 31.8. The number of carboxylic acid groups (broad SMARTS) is 1. The van der Waals surface area contributed by atoms with Crippen LogP contribution in [0.25, 0.3) is 0 Å². The van der Waals surface area contributed by atoms with E-state index in [0.29, 0.717) is 18.4 Å². The smallest absolute Gasteiger partial charge is 0.326 e. The molecule has 2 heterocycles. The molecule has 1 saturated carbocycles. The molecule has 1 aromatic heterocycles. The van der Waals surface area contributed by atoms with Crippen LogP contribution in [0.3, 0.4) is 0 Å². The number of benzene rings is 1. The van der Waals surface area contributed by atoms with Crippen LogP contribution in [0, 0.1) is 23.2 Å². The number of carbonyl (C=O) groups is 7. The van der Waals surface area contributed by atoms with E-state index in [1.54, 1.807) is 71.9 Å². The molecular weight excluding hydrogens is 694 g/mol. The zero-order chi connectivity index (χ0) is 39.7. The number of carbonyl (C=O) groups excluding carboxylic acids is 6. The first kappa shape index (κ1) is 41.5. The molecule has 0 bridgehead atoms. The Kier molecular flexibility index (Phi) is 14.0. The second-order valence-electron chi connectivity index (χ2n) is 15.7. The Balaban J connectivity index is 1.52. The predicted molar refractivity (Wildman–Crippen MR) is 197 cm³/mol. The highest BCUT2D eigenvalue weighted by molar-refractivity contribution is 6.38. The summed E-state index contributed by atoms with van der Waals surface area (Å²) in [5, 5.41) is 20.4. The molecule has 5 amide bonds. The van der Waals surface area contributed by atoms with Crippen LogP contribution in [0.5, 0.6) is 0 Å². The monoisotopic (exact) mass is 747 g/mol. The van der Waals surface area contributed by atoms with Gasteiger partial charge in [0.05, 0.1) is 12.2 Å². The molecule has 1 aromatic carbocycles. The van der Waals surface area contributed by atoms with Crippen LogP contribution in [-0.2, 0) is 35.2 Å². The van der Waals surface area contributed by atoms with Gasteiger partial charge < -0.3 is 31.3 Å². The van der Waals surface area contributed by atoms with E-state index in [4.69, 9.17) is 0 Å². The van der Waals surface area contributed by atoms with Crippen molar-refractivity contribution in [2.45, 2.75) is 110 Å². The number of ketones is 1. The largest absolute Gasteiger partial charge is 0.480 e. The number of amides is 5. The van der Waals surface area contributed by atoms with Gasteiger partial charge in [-0.2, -0.15) is 0 Å². The second-order valence-corrected chi connectivity index (χ2v) is 15.7. The van der Waals surface area contributed by atoms with E-state index in [-0.39, 0.29) is 42.8 Å². The summed E-state index contributed by atoms with van der Waals surface area (Å²) in [4.78, 5) is 103. The van der Waals surface area contributed by atoms with Gasteiger partial charge in [-0.1, -0.05) is 84.7 Å². The number of rotatable bonds is 16. The molecule has 1 saturated heterocycles. The van der Waals surface area contributed by atoms with Gasteiger partial charge in [0.2, 0.25) is 23.5 Å². The SMILES string of the molecule is CCCC(NC(=O)[C@@H]1[C@H]2CCC[C@H]2CN1C(=O)[C@@H](NC(=O)[C@@H](NC(=O)c1cnccn1)C(C)C)C(C)(C)C)C(=O)C(=O)N[C@@H](Cc1ccccc1)C(=O)O. The van der Waals surface area contributed by atoms with E-state index in [2.05, 4.69) is 31.2 Å². The minimum Gasteiger partial charge on any atom is -0.480 e. The molecule has 0 spiro atoms. The Morgan fingerprint density at radius 3 is 2.22 bits per heavy atom. The van der Waals surface area contributed by atoms with E-state index in [1.165, 1.54) is 23.5 Å². The van der Waals surface area contributed by atoms with Gasteiger partial charge in [0.1, 0.15) is 29.9 Å². The fourth-order valence-corrected chi connectivity index (χ4v) is 7.33. The highest BCUT2D eigenvalue weighted by Crippen LogP contribution is 2.43. The lowest BCUT2D eigenvalue weighted by Gasteiger charge is -2.37. The van der Waals surface area contributed by atoms with Crippen LogP contribution in [-0.4, -0.2) is 98.0 Å². The third-order valence-corrected chi connectivity index (χ3v) is 10.2. The van der Waals surface area contributed by atoms with Gasteiger partial charge in [0.15, 0.2) is 0 Å². The lowest BCUT2D eigenvalue weighted by Crippen LogP contribution is -2.62. The van der Waals surface area contributed by atoms with Crippen LogP contribution in [0.15, 0.2) is 48.9 Å². The molecular formula is C39H53N7O8. The molecule has 1 aliphatic heterocycles. The van der Waals surface area contributed by atoms with Crippen molar-refractivity contribution < 1.29 is 38.7 Å². The van der Waals surface area contributed by atoms with Crippen LogP contribution in [0.1, 0.15) is 89.7 Å². The summed E-state index contributed by atoms with van der Waals surface area (Å²) in [5.41, 5.74) is -0.131. The van der Waals surface area contributed by atoms with Crippen molar-refractivity contribution in [3.63, 3.8) is 0 Å². The minimum absolute atomic E-state index is 0.0219. The minimum atomic E-state index is -1.37. The number of hydrogen-bond donors (Lipinski definition) is 5. The number of fused-ring (bicyclic) bond motifs is 1. The van der Waals surface area contributed by atoms with Crippen molar-refractivity contribution in [2.75, 3.05) is 6.54 Å². The number of hydrogen-bond acceptors (Lipinski definition) is 9. The van der Waals surface area contributed by atoms with Gasteiger partial charge in [0.25, 0.3) is 11.8 Å². The number of nitrogens with zero attached hydrogens (tertiary/aromatic N) is 3. The summed E-state index contributed by atoms with van der Waals surface area (Å²) in [5.74, 6) is -6.20. The quantitative estimate of drug-likeness (QED) is 0.158. The summed E-state index contributed by atoms with van der Waals surface area (Å²) < 4.78 is 0. The average Bonchev–Trinajstić information content (AvgIpc) is 3.73. The first-order valence-electron chi connectivity index (χ1n) is 18.6. The van der Waals surface area contributed by atoms with Gasteiger partial charge in [-0.25, -0.2) is 9.78 Å². The molecule has 2 aromatic rings. The lowest BCUT2D eigenvalue weighted by atomic mass is 9.85. The van der Waals surface area contributed by atoms with Crippen molar-refractivity contribution in [3.8, 4) is 0 Å². The summed E-state index contributed by atoms with van der Waals surface area (Å²) in [7, 11) is 0. The topological polar surface area (TPSA) is 217 Å². The van der Waals surface area contributed by atoms with Crippen molar-refractivity contribution in [1.29, 1.82) is 0 Å². The van der Waals surface area contributed by atoms with Crippen molar-refractivity contribution in [2.24, 2.45) is 23.2 Å². The first-order valence-corrected chi connectivity index (χ1v) is 18.6. The van der Waals surface area contributed by atoms with E-state index in [1.807, 2.05) is 0 Å². The fraction of sp³-hybridized carbons (Fsp3) is 0.564. The van der Waals surface area contributed by atoms with E-state index < -0.39 is 76.9 Å². The number of Topliss-reactive ketones (excluding diaryl/α,β-unsaturated/α-hetero) is 1. The maximum Gasteiger partial charge on any atom is 0.326 e. The number of carboxylic acids is 1. The second kappa shape index (κ2) is 18.2. The highest BCUT2D eigenvalue weighted by atomic mass is 16.4. The molecule has 2 aliphatic rings. The molecule has 2 fully saturated rings. The van der Waals surface area contributed by atoms with Crippen molar-refractivity contribution >= 4 is 41.3 Å². The summed E-state index contributed by atoms with van der Waals surface area (Å²) in [6, 6.07) is 2.98. The fourth-order valence-electron chi connectivity index (χ4n) is 7.33. The predicted octanol–water partition coefficient (Wildman–Crippen LogP) is 2.06. The highest BCUT2D eigenvalue weighted by Gasteiger charge is 2.52. The van der Waals surface area contributed by atoms with Crippen LogP contribution in [0.4, 0.5) is 0 Å². The molecule has 1 aliphatic carbocycles. The molecule has 15 heteroatoms. The Morgan fingerprint density at radius 2 is 1.63 bits per heavy atom. The maximum absolute atomic E-state index is 14.5. The van der Waals surface area contributed by atoms with E-state index in [9.17, 15) is 38.7 Å². The van der Waals surface area contributed by atoms with Gasteiger partial charge >= 0.3 is 5.97 Å². The normalized spacial score (nSPS) is 20.2. The number of nitrogens with one attached hydrogen (secondary N) is 4. The molecule has 7 atom stereocenters. The summed E-state index contributed by atoms with van der Waals surface area (Å²) in [6.07, 6.45) is 6.90. The third kappa shape index (κ3) is 10.3. The van der Waals surface area contributed by atoms with E-state index in [0.717, 1.165) is 12.8 Å². The van der Waals surface area contributed by atoms with Gasteiger partial charge in [0, 0.05) is 25.4 Å². The molecule has 15 nitrogen and oxygen atoms in total. The van der Waals surface area contributed by atoms with Crippen molar-refractivity contribution in [3.05, 3.63) is 60.2 Å². The molecule has 4 rings (SSSR count). The zero-order valence-corrected chi connectivity index (χ0v) is 31.8. The number of likely N-dealkylation sites (tertiary alicyclic amines) is 1.